The SMILES string of the molecule is COC(=O)NC1CCN(c2cc(F)cc(C=O)c2)C1. The Morgan fingerprint density at radius 2 is 2.32 bits per heavy atom. The highest BCUT2D eigenvalue weighted by atomic mass is 19.1. The van der Waals surface area contributed by atoms with Crippen molar-refractivity contribution in [1.29, 1.82) is 0 Å². The fourth-order valence-electron chi connectivity index (χ4n) is 2.19. The maximum atomic E-state index is 13.4. The third-order valence-corrected chi connectivity index (χ3v) is 3.10. The molecule has 1 fully saturated rings. The third-order valence-electron chi connectivity index (χ3n) is 3.10. The Bertz CT molecular complexity index is 493. The van der Waals surface area contributed by atoms with Crippen LogP contribution in [0.5, 0.6) is 0 Å². The van der Waals surface area contributed by atoms with Gasteiger partial charge in [0.25, 0.3) is 0 Å². The topological polar surface area (TPSA) is 58.6 Å². The molecule has 1 saturated heterocycles. The number of nitrogens with zero attached hydrogens (tertiary/aromatic N) is 1. The van der Waals surface area contributed by atoms with Crippen molar-refractivity contribution in [3.05, 3.63) is 29.6 Å². The van der Waals surface area contributed by atoms with Gasteiger partial charge in [0.15, 0.2) is 0 Å². The highest BCUT2D eigenvalue weighted by Crippen LogP contribution is 2.22. The van der Waals surface area contributed by atoms with Crippen LogP contribution in [0.1, 0.15) is 16.8 Å². The van der Waals surface area contributed by atoms with Gasteiger partial charge in [-0.25, -0.2) is 9.18 Å². The summed E-state index contributed by atoms with van der Waals surface area (Å²) in [6, 6.07) is 4.18. The van der Waals surface area contributed by atoms with Crippen LogP contribution in [0.4, 0.5) is 14.9 Å². The maximum absolute atomic E-state index is 13.4. The average molecular weight is 266 g/mol. The number of nitrogens with one attached hydrogen (secondary N) is 1. The monoisotopic (exact) mass is 266 g/mol. The van der Waals surface area contributed by atoms with Gasteiger partial charge < -0.3 is 15.0 Å². The molecule has 1 atom stereocenters. The van der Waals surface area contributed by atoms with E-state index in [4.69, 9.17) is 0 Å². The normalized spacial score (nSPS) is 18.2. The molecule has 19 heavy (non-hydrogen) atoms. The van der Waals surface area contributed by atoms with Gasteiger partial charge in [-0.05, 0) is 24.6 Å². The van der Waals surface area contributed by atoms with Crippen LogP contribution in [0.2, 0.25) is 0 Å². The molecule has 1 aliphatic heterocycles. The van der Waals surface area contributed by atoms with Gasteiger partial charge in [0.05, 0.1) is 13.2 Å². The lowest BCUT2D eigenvalue weighted by atomic mass is 10.2. The summed E-state index contributed by atoms with van der Waals surface area (Å²) in [5.41, 5.74) is 0.954. The number of benzene rings is 1. The maximum Gasteiger partial charge on any atom is 0.407 e. The van der Waals surface area contributed by atoms with Crippen LogP contribution in [0.3, 0.4) is 0 Å². The van der Waals surface area contributed by atoms with Gasteiger partial charge in [-0.1, -0.05) is 0 Å². The summed E-state index contributed by atoms with van der Waals surface area (Å²) in [7, 11) is 1.31. The first kappa shape index (κ1) is 13.3. The molecule has 2 rings (SSSR count). The van der Waals surface area contributed by atoms with Gasteiger partial charge in [0.1, 0.15) is 12.1 Å². The predicted molar refractivity (Wildman–Crippen MR) is 67.9 cm³/mol. The van der Waals surface area contributed by atoms with Crippen molar-refractivity contribution < 1.29 is 18.7 Å². The Morgan fingerprint density at radius 1 is 1.53 bits per heavy atom. The molecule has 1 N–H and O–H groups in total. The number of carbonyl (C=O) groups excluding carboxylic acids is 2. The summed E-state index contributed by atoms with van der Waals surface area (Å²) in [4.78, 5) is 23.8. The number of ether oxygens (including phenoxy) is 1. The van der Waals surface area contributed by atoms with E-state index in [1.165, 1.54) is 19.2 Å². The largest absolute Gasteiger partial charge is 0.453 e. The lowest BCUT2D eigenvalue weighted by molar-refractivity contribution is 0.112. The molecule has 1 aromatic rings. The minimum absolute atomic E-state index is 0.0320. The van der Waals surface area contributed by atoms with Crippen molar-refractivity contribution in [2.45, 2.75) is 12.5 Å². The van der Waals surface area contributed by atoms with Crippen LogP contribution in [-0.4, -0.2) is 38.6 Å². The third kappa shape index (κ3) is 3.21. The Kier molecular flexibility index (Phi) is 3.99. The quantitative estimate of drug-likeness (QED) is 0.844. The molecule has 0 aliphatic carbocycles. The lowest BCUT2D eigenvalue weighted by Gasteiger charge is -2.19. The van der Waals surface area contributed by atoms with E-state index >= 15 is 0 Å². The number of aldehydes is 1. The smallest absolute Gasteiger partial charge is 0.407 e. The number of alkyl carbamates (subject to hydrolysis) is 1. The number of carbonyl (C=O) groups is 2. The highest BCUT2D eigenvalue weighted by molar-refractivity contribution is 5.77. The zero-order valence-corrected chi connectivity index (χ0v) is 10.6. The summed E-state index contributed by atoms with van der Waals surface area (Å²) in [5.74, 6) is -0.441. The van der Waals surface area contributed by atoms with Gasteiger partial charge >= 0.3 is 6.09 Å². The summed E-state index contributed by atoms with van der Waals surface area (Å²) in [6.45, 7) is 1.26. The van der Waals surface area contributed by atoms with Crippen molar-refractivity contribution in [1.82, 2.24) is 5.32 Å². The van der Waals surface area contributed by atoms with Crippen LogP contribution in [0.25, 0.3) is 0 Å². The molecule has 0 aromatic heterocycles. The summed E-state index contributed by atoms with van der Waals surface area (Å²) in [6.07, 6.45) is 0.897. The van der Waals surface area contributed by atoms with Crippen molar-refractivity contribution in [2.24, 2.45) is 0 Å². The van der Waals surface area contributed by atoms with E-state index in [0.717, 1.165) is 6.42 Å². The van der Waals surface area contributed by atoms with E-state index in [2.05, 4.69) is 10.1 Å². The van der Waals surface area contributed by atoms with Crippen LogP contribution in [0.15, 0.2) is 18.2 Å². The summed E-state index contributed by atoms with van der Waals surface area (Å²) in [5, 5.41) is 2.71. The number of hydrogen-bond donors (Lipinski definition) is 1. The van der Waals surface area contributed by atoms with Gasteiger partial charge in [0.2, 0.25) is 0 Å². The van der Waals surface area contributed by atoms with Crippen molar-refractivity contribution in [3.8, 4) is 0 Å². The Labute approximate surface area is 110 Å². The Morgan fingerprint density at radius 3 is 3.00 bits per heavy atom. The molecule has 6 heteroatoms. The van der Waals surface area contributed by atoms with E-state index < -0.39 is 11.9 Å². The zero-order chi connectivity index (χ0) is 13.8. The van der Waals surface area contributed by atoms with E-state index in [0.29, 0.717) is 30.6 Å². The molecule has 1 amide bonds. The number of anilines is 1. The molecule has 102 valence electrons. The second kappa shape index (κ2) is 5.69. The number of amides is 1. The molecule has 5 nitrogen and oxygen atoms in total. The molecule has 1 heterocycles. The molecule has 0 bridgehead atoms. The second-order valence-electron chi connectivity index (χ2n) is 4.43. The van der Waals surface area contributed by atoms with Gasteiger partial charge in [-0.2, -0.15) is 0 Å². The number of halogens is 1. The first-order valence-electron chi connectivity index (χ1n) is 5.97. The standard InChI is InChI=1S/C13H15FN2O3/c1-19-13(18)15-11-2-3-16(7-11)12-5-9(8-17)4-10(14)6-12/h4-6,8,11H,2-3,7H2,1H3,(H,15,18). The van der Waals surface area contributed by atoms with Crippen LogP contribution in [0, 0.1) is 5.82 Å². The molecule has 0 radical (unpaired) electrons. The van der Waals surface area contributed by atoms with Crippen LogP contribution in [-0.2, 0) is 4.74 Å². The number of hydrogen-bond acceptors (Lipinski definition) is 4. The predicted octanol–water partition coefficient (Wildman–Crippen LogP) is 1.57. The second-order valence-corrected chi connectivity index (χ2v) is 4.43. The number of rotatable bonds is 3. The molecule has 1 aliphatic rings. The summed E-state index contributed by atoms with van der Waals surface area (Å²) >= 11 is 0. The Hall–Kier alpha value is -2.11. The lowest BCUT2D eigenvalue weighted by Crippen LogP contribution is -2.36. The summed E-state index contributed by atoms with van der Waals surface area (Å²) < 4.78 is 17.9. The minimum atomic E-state index is -0.473. The van der Waals surface area contributed by atoms with E-state index in [-0.39, 0.29) is 6.04 Å². The van der Waals surface area contributed by atoms with E-state index in [9.17, 15) is 14.0 Å². The van der Waals surface area contributed by atoms with Gasteiger partial charge in [-0.3, -0.25) is 4.79 Å². The van der Waals surface area contributed by atoms with Gasteiger partial charge in [-0.15, -0.1) is 0 Å². The van der Waals surface area contributed by atoms with E-state index in [1.54, 1.807) is 6.07 Å². The average Bonchev–Trinajstić information content (AvgIpc) is 2.86. The Balaban J connectivity index is 2.06. The fraction of sp³-hybridized carbons (Fsp3) is 0.385. The molecular formula is C13H15FN2O3. The van der Waals surface area contributed by atoms with Crippen LogP contribution < -0.4 is 10.2 Å². The first-order valence-corrected chi connectivity index (χ1v) is 5.97. The van der Waals surface area contributed by atoms with Gasteiger partial charge in [0, 0.05) is 24.3 Å². The van der Waals surface area contributed by atoms with E-state index in [1.807, 2.05) is 4.90 Å². The van der Waals surface area contributed by atoms with Crippen molar-refractivity contribution in [3.63, 3.8) is 0 Å². The molecular weight excluding hydrogens is 251 g/mol. The number of methoxy groups -OCH3 is 1. The minimum Gasteiger partial charge on any atom is -0.453 e. The first-order chi connectivity index (χ1) is 9.12. The van der Waals surface area contributed by atoms with Crippen molar-refractivity contribution in [2.75, 3.05) is 25.1 Å². The molecule has 1 aromatic carbocycles. The molecule has 0 spiro atoms. The van der Waals surface area contributed by atoms with Crippen molar-refractivity contribution >= 4 is 18.1 Å². The highest BCUT2D eigenvalue weighted by Gasteiger charge is 2.24. The molecule has 1 unspecified atom stereocenters. The van der Waals surface area contributed by atoms with Crippen LogP contribution >= 0.6 is 0 Å². The fourth-order valence-corrected chi connectivity index (χ4v) is 2.19. The zero-order valence-electron chi connectivity index (χ0n) is 10.6. The molecule has 0 saturated carbocycles.